The average molecular weight is 371 g/mol. The molecule has 2 aromatic carbocycles. The van der Waals surface area contributed by atoms with E-state index >= 15 is 0 Å². The molecule has 0 aliphatic carbocycles. The molecule has 0 saturated heterocycles. The van der Waals surface area contributed by atoms with E-state index in [1.807, 2.05) is 6.07 Å². The van der Waals surface area contributed by atoms with Crippen molar-refractivity contribution in [1.29, 1.82) is 0 Å². The first-order valence-electron chi connectivity index (χ1n) is 7.76. The molecule has 1 heterocycles. The number of thiocarbonyl (C=S) groups is 1. The summed E-state index contributed by atoms with van der Waals surface area (Å²) in [5.41, 5.74) is 9.35. The second kappa shape index (κ2) is 7.67. The average Bonchev–Trinajstić information content (AvgIpc) is 2.59. The molecule has 0 atom stereocenters. The van der Waals surface area contributed by atoms with Crippen molar-refractivity contribution in [3.05, 3.63) is 69.5 Å². The highest BCUT2D eigenvalue weighted by Gasteiger charge is 2.05. The van der Waals surface area contributed by atoms with E-state index in [0.29, 0.717) is 17.4 Å². The number of nitrogens with two attached hydrogens (primary N) is 1. The first kappa shape index (κ1) is 17.4. The molecule has 3 aromatic rings. The molecule has 4 N–H and O–H groups in total. The normalized spacial score (nSPS) is 10.8. The van der Waals surface area contributed by atoms with E-state index in [9.17, 15) is 4.79 Å². The van der Waals surface area contributed by atoms with Gasteiger partial charge in [-0.1, -0.05) is 59.9 Å². The van der Waals surface area contributed by atoms with Crippen LogP contribution >= 0.6 is 24.0 Å². The molecule has 0 saturated carbocycles. The van der Waals surface area contributed by atoms with E-state index in [4.69, 9.17) is 18.0 Å². The van der Waals surface area contributed by atoms with Crippen LogP contribution in [0.2, 0.25) is 0 Å². The van der Waals surface area contributed by atoms with Gasteiger partial charge in [0.1, 0.15) is 4.32 Å². The quantitative estimate of drug-likeness (QED) is 0.612. The van der Waals surface area contributed by atoms with Gasteiger partial charge in [-0.3, -0.25) is 9.78 Å². The molecule has 0 amide bonds. The third-order valence-electron chi connectivity index (χ3n) is 3.72. The number of nitrogens with one attached hydrogen (secondary N) is 2. The number of hydrogen-bond donors (Lipinski definition) is 3. The number of aromatic amines is 1. The molecular formula is C18H18N4OS2. The summed E-state index contributed by atoms with van der Waals surface area (Å²) in [6.07, 6.45) is 0. The topological polar surface area (TPSA) is 83.8 Å². The van der Waals surface area contributed by atoms with Crippen LogP contribution in [0.1, 0.15) is 16.7 Å². The van der Waals surface area contributed by atoms with Crippen molar-refractivity contribution in [3.8, 4) is 0 Å². The Morgan fingerprint density at radius 3 is 2.72 bits per heavy atom. The SMILES string of the molecule is Cc1ccc(CSC(=S)NCc2ccc3nc(N)[nH]c(=O)c3c2)cc1. The second-order valence-corrected chi connectivity index (χ2v) is 7.37. The molecule has 7 heteroatoms. The Hall–Kier alpha value is -2.38. The van der Waals surface area contributed by atoms with E-state index < -0.39 is 0 Å². The Labute approximate surface area is 155 Å². The molecule has 0 aliphatic rings. The maximum atomic E-state index is 11.9. The van der Waals surface area contributed by atoms with Gasteiger partial charge in [-0.05, 0) is 30.2 Å². The fourth-order valence-electron chi connectivity index (χ4n) is 2.37. The molecule has 0 fully saturated rings. The number of aromatic nitrogens is 2. The second-order valence-electron chi connectivity index (χ2n) is 5.72. The lowest BCUT2D eigenvalue weighted by Crippen LogP contribution is -2.18. The zero-order chi connectivity index (χ0) is 17.8. The molecule has 5 nitrogen and oxygen atoms in total. The number of fused-ring (bicyclic) bond motifs is 1. The zero-order valence-corrected chi connectivity index (χ0v) is 15.3. The van der Waals surface area contributed by atoms with Crippen LogP contribution in [0.4, 0.5) is 5.95 Å². The minimum atomic E-state index is -0.235. The van der Waals surface area contributed by atoms with Crippen LogP contribution in [-0.4, -0.2) is 14.3 Å². The van der Waals surface area contributed by atoms with Gasteiger partial charge in [-0.2, -0.15) is 0 Å². The number of benzene rings is 2. The van der Waals surface area contributed by atoms with Gasteiger partial charge in [0.2, 0.25) is 5.95 Å². The standard InChI is InChI=1S/C18H18N4OS2/c1-11-2-4-12(5-3-11)10-25-18(24)20-9-13-6-7-15-14(8-13)16(23)22-17(19)21-15/h2-8H,9-10H2,1H3,(H,20,24)(H3,19,21,22,23). The van der Waals surface area contributed by atoms with Crippen LogP contribution < -0.4 is 16.6 Å². The van der Waals surface area contributed by atoms with E-state index in [1.54, 1.807) is 23.9 Å². The lowest BCUT2D eigenvalue weighted by atomic mass is 10.1. The minimum absolute atomic E-state index is 0.122. The fraction of sp³-hybridized carbons (Fsp3) is 0.167. The summed E-state index contributed by atoms with van der Waals surface area (Å²) in [4.78, 5) is 18.6. The van der Waals surface area contributed by atoms with Crippen molar-refractivity contribution in [2.24, 2.45) is 0 Å². The van der Waals surface area contributed by atoms with Gasteiger partial charge in [-0.25, -0.2) is 4.98 Å². The summed E-state index contributed by atoms with van der Waals surface area (Å²) in [6.45, 7) is 2.63. The van der Waals surface area contributed by atoms with Crippen molar-refractivity contribution in [3.63, 3.8) is 0 Å². The molecule has 0 bridgehead atoms. The first-order valence-corrected chi connectivity index (χ1v) is 9.15. The predicted molar refractivity (Wildman–Crippen MR) is 109 cm³/mol. The molecular weight excluding hydrogens is 352 g/mol. The van der Waals surface area contributed by atoms with Crippen molar-refractivity contribution in [2.75, 3.05) is 5.73 Å². The maximum Gasteiger partial charge on any atom is 0.260 e. The summed E-state index contributed by atoms with van der Waals surface area (Å²) in [5, 5.41) is 3.73. The van der Waals surface area contributed by atoms with E-state index in [0.717, 1.165) is 15.6 Å². The number of thioether (sulfide) groups is 1. The summed E-state index contributed by atoms with van der Waals surface area (Å²) in [7, 11) is 0. The Morgan fingerprint density at radius 2 is 1.96 bits per heavy atom. The van der Waals surface area contributed by atoms with E-state index in [2.05, 4.69) is 46.5 Å². The highest BCUT2D eigenvalue weighted by atomic mass is 32.2. The summed E-state index contributed by atoms with van der Waals surface area (Å²) >= 11 is 6.96. The lowest BCUT2D eigenvalue weighted by Gasteiger charge is -2.08. The largest absolute Gasteiger partial charge is 0.369 e. The number of hydrogen-bond acceptors (Lipinski definition) is 5. The first-order chi connectivity index (χ1) is 12.0. The predicted octanol–water partition coefficient (Wildman–Crippen LogP) is 3.12. The maximum absolute atomic E-state index is 11.9. The fourth-order valence-corrected chi connectivity index (χ4v) is 3.29. The van der Waals surface area contributed by atoms with Gasteiger partial charge in [-0.15, -0.1) is 0 Å². The molecule has 0 unspecified atom stereocenters. The van der Waals surface area contributed by atoms with Gasteiger partial charge in [0.05, 0.1) is 10.9 Å². The van der Waals surface area contributed by atoms with Gasteiger partial charge in [0.15, 0.2) is 0 Å². The molecule has 128 valence electrons. The third-order valence-corrected chi connectivity index (χ3v) is 5.10. The summed E-state index contributed by atoms with van der Waals surface area (Å²) in [5.74, 6) is 0.948. The van der Waals surface area contributed by atoms with Crippen LogP contribution in [0.25, 0.3) is 10.9 Å². The van der Waals surface area contributed by atoms with E-state index in [-0.39, 0.29) is 11.5 Å². The zero-order valence-electron chi connectivity index (χ0n) is 13.7. The number of rotatable bonds is 4. The van der Waals surface area contributed by atoms with Crippen LogP contribution in [0, 0.1) is 6.92 Å². The third kappa shape index (κ3) is 4.58. The Morgan fingerprint density at radius 1 is 1.24 bits per heavy atom. The molecule has 25 heavy (non-hydrogen) atoms. The number of anilines is 1. The highest BCUT2D eigenvalue weighted by molar-refractivity contribution is 8.22. The van der Waals surface area contributed by atoms with Crippen LogP contribution in [0.5, 0.6) is 0 Å². The Balaban J connectivity index is 1.59. The van der Waals surface area contributed by atoms with Crippen molar-refractivity contribution in [2.45, 2.75) is 19.2 Å². The van der Waals surface area contributed by atoms with Crippen molar-refractivity contribution in [1.82, 2.24) is 15.3 Å². The smallest absolute Gasteiger partial charge is 0.260 e. The van der Waals surface area contributed by atoms with Gasteiger partial charge in [0, 0.05) is 12.3 Å². The Kier molecular flexibility index (Phi) is 5.35. The van der Waals surface area contributed by atoms with Crippen LogP contribution in [0.15, 0.2) is 47.3 Å². The Bertz CT molecular complexity index is 967. The van der Waals surface area contributed by atoms with Crippen molar-refractivity contribution < 1.29 is 0 Å². The van der Waals surface area contributed by atoms with Gasteiger partial charge in [0.25, 0.3) is 5.56 Å². The molecule has 0 radical (unpaired) electrons. The van der Waals surface area contributed by atoms with Gasteiger partial charge >= 0.3 is 0 Å². The van der Waals surface area contributed by atoms with E-state index in [1.165, 1.54) is 11.1 Å². The molecule has 1 aromatic heterocycles. The molecule has 0 aliphatic heterocycles. The number of H-pyrrole nitrogens is 1. The lowest BCUT2D eigenvalue weighted by molar-refractivity contribution is 0.941. The van der Waals surface area contributed by atoms with Crippen LogP contribution in [0.3, 0.4) is 0 Å². The number of nitrogens with zero attached hydrogens (tertiary/aromatic N) is 1. The molecule has 0 spiro atoms. The summed E-state index contributed by atoms with van der Waals surface area (Å²) < 4.78 is 0.727. The monoisotopic (exact) mass is 370 g/mol. The highest BCUT2D eigenvalue weighted by Crippen LogP contribution is 2.15. The molecule has 3 rings (SSSR count). The number of nitrogen functional groups attached to an aromatic ring is 1. The minimum Gasteiger partial charge on any atom is -0.369 e. The van der Waals surface area contributed by atoms with Crippen molar-refractivity contribution >= 4 is 45.2 Å². The van der Waals surface area contributed by atoms with Gasteiger partial charge < -0.3 is 11.1 Å². The number of aryl methyl sites for hydroxylation is 1. The summed E-state index contributed by atoms with van der Waals surface area (Å²) in [6, 6.07) is 13.9. The van der Waals surface area contributed by atoms with Crippen LogP contribution in [-0.2, 0) is 12.3 Å².